The van der Waals surface area contributed by atoms with E-state index in [0.717, 1.165) is 16.8 Å². The molecule has 4 heteroatoms. The van der Waals surface area contributed by atoms with Crippen LogP contribution in [0.25, 0.3) is 0 Å². The second-order valence-corrected chi connectivity index (χ2v) is 4.00. The lowest BCUT2D eigenvalue weighted by molar-refractivity contribution is 0.719. The molecule has 88 valence electrons. The summed E-state index contributed by atoms with van der Waals surface area (Å²) in [5.74, 6) is 0. The molecule has 2 N–H and O–H groups in total. The molecule has 0 unspecified atom stereocenters. The van der Waals surface area contributed by atoms with E-state index in [1.807, 2.05) is 30.3 Å². The number of hydrogen-bond acceptors (Lipinski definition) is 3. The molecule has 2 aromatic rings. The number of nitrogens with two attached hydrogens (primary N) is 1. The van der Waals surface area contributed by atoms with Crippen molar-refractivity contribution in [3.63, 3.8) is 0 Å². The number of nitrogens with zero attached hydrogens (tertiary/aromatic N) is 2. The maximum atomic E-state index is 11.6. The molecule has 0 aliphatic rings. The number of benzene rings is 1. The van der Waals surface area contributed by atoms with Crippen LogP contribution >= 0.6 is 0 Å². The van der Waals surface area contributed by atoms with E-state index < -0.39 is 0 Å². The smallest absolute Gasteiger partial charge is 0.326 e. The lowest BCUT2D eigenvalue weighted by Gasteiger charge is -2.06. The van der Waals surface area contributed by atoms with Crippen molar-refractivity contribution in [1.29, 1.82) is 0 Å². The standard InChI is InChI=1S/C13H15N3O/c1-10-5-6-16(13(17)15-10)9-12-4-2-3-11(7-12)8-14/h2-7H,8-9,14H2,1H3. The highest BCUT2D eigenvalue weighted by Gasteiger charge is 2.00. The van der Waals surface area contributed by atoms with Crippen LogP contribution in [0.15, 0.2) is 41.3 Å². The zero-order chi connectivity index (χ0) is 12.3. The summed E-state index contributed by atoms with van der Waals surface area (Å²) in [7, 11) is 0. The fraction of sp³-hybridized carbons (Fsp3) is 0.231. The largest absolute Gasteiger partial charge is 0.348 e. The molecule has 1 aromatic carbocycles. The van der Waals surface area contributed by atoms with E-state index in [1.165, 1.54) is 0 Å². The predicted molar refractivity (Wildman–Crippen MR) is 66.7 cm³/mol. The zero-order valence-corrected chi connectivity index (χ0v) is 9.76. The summed E-state index contributed by atoms with van der Waals surface area (Å²) in [5, 5.41) is 0. The average Bonchev–Trinajstić information content (AvgIpc) is 2.33. The third-order valence-electron chi connectivity index (χ3n) is 2.59. The van der Waals surface area contributed by atoms with E-state index in [0.29, 0.717) is 13.1 Å². The Kier molecular flexibility index (Phi) is 3.35. The summed E-state index contributed by atoms with van der Waals surface area (Å²) in [6.07, 6.45) is 1.76. The Morgan fingerprint density at radius 3 is 2.76 bits per heavy atom. The van der Waals surface area contributed by atoms with Gasteiger partial charge in [-0.05, 0) is 24.1 Å². The van der Waals surface area contributed by atoms with Crippen LogP contribution in [0.5, 0.6) is 0 Å². The van der Waals surface area contributed by atoms with Crippen LogP contribution in [0.2, 0.25) is 0 Å². The molecule has 0 aliphatic carbocycles. The van der Waals surface area contributed by atoms with Crippen LogP contribution in [0.1, 0.15) is 16.8 Å². The van der Waals surface area contributed by atoms with Crippen molar-refractivity contribution in [2.45, 2.75) is 20.0 Å². The second-order valence-electron chi connectivity index (χ2n) is 4.00. The van der Waals surface area contributed by atoms with Crippen molar-refractivity contribution in [2.24, 2.45) is 5.73 Å². The zero-order valence-electron chi connectivity index (χ0n) is 9.76. The fourth-order valence-electron chi connectivity index (χ4n) is 1.69. The summed E-state index contributed by atoms with van der Waals surface area (Å²) in [5.41, 5.74) is 8.22. The summed E-state index contributed by atoms with van der Waals surface area (Å²) < 4.78 is 1.59. The molecular weight excluding hydrogens is 214 g/mol. The molecule has 17 heavy (non-hydrogen) atoms. The first-order valence-electron chi connectivity index (χ1n) is 5.51. The maximum Gasteiger partial charge on any atom is 0.348 e. The highest BCUT2D eigenvalue weighted by molar-refractivity contribution is 5.23. The molecule has 4 nitrogen and oxygen atoms in total. The van der Waals surface area contributed by atoms with Gasteiger partial charge in [0.1, 0.15) is 0 Å². The SMILES string of the molecule is Cc1ccn(Cc2cccc(CN)c2)c(=O)n1. The number of rotatable bonds is 3. The number of hydrogen-bond donors (Lipinski definition) is 1. The number of aromatic nitrogens is 2. The number of aryl methyl sites for hydroxylation is 1. The molecule has 2 rings (SSSR count). The molecule has 0 aliphatic heterocycles. The van der Waals surface area contributed by atoms with Crippen LogP contribution in [0.3, 0.4) is 0 Å². The van der Waals surface area contributed by atoms with Crippen LogP contribution < -0.4 is 11.4 Å². The Labute approximate surface area is 99.7 Å². The summed E-state index contributed by atoms with van der Waals surface area (Å²) in [6, 6.07) is 9.73. The van der Waals surface area contributed by atoms with Crippen LogP contribution in [-0.2, 0) is 13.1 Å². The van der Waals surface area contributed by atoms with Gasteiger partial charge in [-0.1, -0.05) is 24.3 Å². The molecule has 0 saturated carbocycles. The van der Waals surface area contributed by atoms with Gasteiger partial charge in [0.2, 0.25) is 0 Å². The first-order valence-corrected chi connectivity index (χ1v) is 5.51. The minimum absolute atomic E-state index is 0.219. The fourth-order valence-corrected chi connectivity index (χ4v) is 1.69. The Bertz CT molecular complexity index is 575. The quantitative estimate of drug-likeness (QED) is 0.856. The van der Waals surface area contributed by atoms with Gasteiger partial charge in [0.05, 0.1) is 6.54 Å². The Hall–Kier alpha value is -1.94. The average molecular weight is 229 g/mol. The molecule has 0 radical (unpaired) electrons. The van der Waals surface area contributed by atoms with Crippen molar-refractivity contribution in [3.8, 4) is 0 Å². The highest BCUT2D eigenvalue weighted by atomic mass is 16.1. The Morgan fingerprint density at radius 1 is 1.29 bits per heavy atom. The van der Waals surface area contributed by atoms with Crippen molar-refractivity contribution in [3.05, 3.63) is 63.8 Å². The first-order chi connectivity index (χ1) is 8.19. The highest BCUT2D eigenvalue weighted by Crippen LogP contribution is 2.05. The van der Waals surface area contributed by atoms with Gasteiger partial charge in [0, 0.05) is 18.4 Å². The van der Waals surface area contributed by atoms with Gasteiger partial charge in [-0.25, -0.2) is 4.79 Å². The van der Waals surface area contributed by atoms with E-state index in [2.05, 4.69) is 4.98 Å². The van der Waals surface area contributed by atoms with Gasteiger partial charge in [-0.3, -0.25) is 4.57 Å². The summed E-state index contributed by atoms with van der Waals surface area (Å²) >= 11 is 0. The molecule has 0 saturated heterocycles. The van der Waals surface area contributed by atoms with E-state index in [-0.39, 0.29) is 5.69 Å². The molecule has 1 aromatic heterocycles. The van der Waals surface area contributed by atoms with Crippen LogP contribution in [0.4, 0.5) is 0 Å². The van der Waals surface area contributed by atoms with E-state index in [1.54, 1.807) is 17.7 Å². The third-order valence-corrected chi connectivity index (χ3v) is 2.59. The molecule has 0 spiro atoms. The van der Waals surface area contributed by atoms with Crippen molar-refractivity contribution in [1.82, 2.24) is 9.55 Å². The third kappa shape index (κ3) is 2.79. The van der Waals surface area contributed by atoms with E-state index in [4.69, 9.17) is 5.73 Å². The minimum atomic E-state index is -0.219. The van der Waals surface area contributed by atoms with Gasteiger partial charge >= 0.3 is 5.69 Å². The Morgan fingerprint density at radius 2 is 2.06 bits per heavy atom. The van der Waals surface area contributed by atoms with Gasteiger partial charge in [-0.2, -0.15) is 4.98 Å². The first kappa shape index (κ1) is 11.5. The van der Waals surface area contributed by atoms with Crippen molar-refractivity contribution >= 4 is 0 Å². The lowest BCUT2D eigenvalue weighted by atomic mass is 10.1. The molecule has 0 amide bonds. The topological polar surface area (TPSA) is 60.9 Å². The summed E-state index contributed by atoms with van der Waals surface area (Å²) in [4.78, 5) is 15.5. The van der Waals surface area contributed by atoms with Gasteiger partial charge in [0.15, 0.2) is 0 Å². The summed E-state index contributed by atoms with van der Waals surface area (Å²) in [6.45, 7) is 2.84. The molecule has 0 atom stereocenters. The monoisotopic (exact) mass is 229 g/mol. The molecule has 0 bridgehead atoms. The van der Waals surface area contributed by atoms with Crippen LogP contribution in [-0.4, -0.2) is 9.55 Å². The van der Waals surface area contributed by atoms with Crippen molar-refractivity contribution in [2.75, 3.05) is 0 Å². The van der Waals surface area contributed by atoms with E-state index in [9.17, 15) is 4.79 Å². The van der Waals surface area contributed by atoms with Crippen molar-refractivity contribution < 1.29 is 0 Å². The van der Waals surface area contributed by atoms with Gasteiger partial charge < -0.3 is 5.73 Å². The molecular formula is C13H15N3O. The van der Waals surface area contributed by atoms with Gasteiger partial charge in [-0.15, -0.1) is 0 Å². The lowest BCUT2D eigenvalue weighted by Crippen LogP contribution is -2.23. The molecule has 1 heterocycles. The predicted octanol–water partition coefficient (Wildman–Crippen LogP) is 1.06. The second kappa shape index (κ2) is 4.93. The van der Waals surface area contributed by atoms with Gasteiger partial charge in [0.25, 0.3) is 0 Å². The van der Waals surface area contributed by atoms with Crippen LogP contribution in [0, 0.1) is 6.92 Å². The Balaban J connectivity index is 2.28. The molecule has 0 fully saturated rings. The van der Waals surface area contributed by atoms with E-state index >= 15 is 0 Å². The normalized spacial score (nSPS) is 10.5. The maximum absolute atomic E-state index is 11.6. The minimum Gasteiger partial charge on any atom is -0.326 e.